The van der Waals surface area contributed by atoms with E-state index in [2.05, 4.69) is 59.8 Å². The van der Waals surface area contributed by atoms with Crippen molar-refractivity contribution in [2.75, 3.05) is 72.9 Å². The number of hydrogen-bond acceptors (Lipinski definition) is 14. The van der Waals surface area contributed by atoms with Gasteiger partial charge in [0.1, 0.15) is 23.5 Å². The Morgan fingerprint density at radius 1 is 0.871 bits per heavy atom. The standard InChI is InChI=1S/C44H53FN12O5/c1-25(2)57-35-20-38(48-37-8-13-46-44(49-37)53-16-11-29(62-3)12-17-53)47-21-32(35)40(51-57)52-14-9-26(10-15-52)22-54-23-28-5-4-27(54)24-55(28)36-19-31-30(18-33(36)45)42(60)56(43(31)61)34-6-7-39(58)50-41(34)59/h8,13,18-21,25-29,34H,4-7,9-12,14-17,22-24H2,1-3H3,(H,50,58,59)(H,46,47,48,49). The number of rotatable bonds is 10. The maximum absolute atomic E-state index is 15.9. The van der Waals surface area contributed by atoms with E-state index >= 15 is 4.39 Å². The number of anilines is 5. The fraction of sp³-hybridized carbons (Fsp3) is 0.545. The molecular formula is C44H53FN12O5. The second-order valence-electron chi connectivity index (χ2n) is 18.0. The number of aromatic nitrogens is 5. The summed E-state index contributed by atoms with van der Waals surface area (Å²) in [6.45, 7) is 10.2. The fourth-order valence-electron chi connectivity index (χ4n) is 10.5. The molecule has 0 saturated carbocycles. The van der Waals surface area contributed by atoms with Crippen molar-refractivity contribution in [2.45, 2.75) is 95.5 Å². The molecule has 6 saturated heterocycles. The number of piperidine rings is 5. The molecule has 10 heterocycles. The van der Waals surface area contributed by atoms with Crippen LogP contribution >= 0.6 is 0 Å². The number of amides is 4. The zero-order valence-electron chi connectivity index (χ0n) is 35.4. The lowest BCUT2D eigenvalue weighted by atomic mass is 9.87. The first-order chi connectivity index (χ1) is 30.0. The van der Waals surface area contributed by atoms with Gasteiger partial charge in [-0.15, -0.1) is 0 Å². The molecule has 1 aromatic carbocycles. The molecule has 6 fully saturated rings. The Bertz CT molecular complexity index is 2430. The molecule has 3 unspecified atom stereocenters. The summed E-state index contributed by atoms with van der Waals surface area (Å²) in [7, 11) is 1.77. The minimum Gasteiger partial charge on any atom is -0.381 e. The number of ether oxygens (including phenoxy) is 1. The van der Waals surface area contributed by atoms with Crippen LogP contribution in [0.3, 0.4) is 0 Å². The molecule has 7 aliphatic rings. The fourth-order valence-corrected chi connectivity index (χ4v) is 10.5. The third-order valence-electron chi connectivity index (χ3n) is 13.9. The highest BCUT2D eigenvalue weighted by atomic mass is 19.1. The van der Waals surface area contributed by atoms with E-state index in [0.29, 0.717) is 35.7 Å². The predicted octanol–water partition coefficient (Wildman–Crippen LogP) is 4.27. The van der Waals surface area contributed by atoms with E-state index in [-0.39, 0.29) is 48.2 Å². The van der Waals surface area contributed by atoms with Crippen LogP contribution < -0.4 is 25.3 Å². The number of pyridine rings is 1. The number of piperazine rings is 1. The van der Waals surface area contributed by atoms with E-state index in [9.17, 15) is 19.2 Å². The monoisotopic (exact) mass is 848 g/mol. The number of nitrogens with zero attached hydrogens (tertiary/aromatic N) is 10. The highest BCUT2D eigenvalue weighted by Crippen LogP contribution is 2.39. The average molecular weight is 849 g/mol. The van der Waals surface area contributed by atoms with E-state index in [1.54, 1.807) is 13.3 Å². The first kappa shape index (κ1) is 40.3. The highest BCUT2D eigenvalue weighted by molar-refractivity contribution is 6.23. The topological polar surface area (TPSA) is 174 Å². The van der Waals surface area contributed by atoms with Crippen LogP contribution in [-0.4, -0.2) is 135 Å². The van der Waals surface area contributed by atoms with Crippen LogP contribution in [0.1, 0.15) is 92.0 Å². The van der Waals surface area contributed by atoms with E-state index in [4.69, 9.17) is 19.8 Å². The van der Waals surface area contributed by atoms with Gasteiger partial charge in [0.05, 0.1) is 33.8 Å². The Balaban J connectivity index is 0.773. The second-order valence-corrected chi connectivity index (χ2v) is 18.0. The number of nitrogens with one attached hydrogen (secondary N) is 2. The Kier molecular flexibility index (Phi) is 10.5. The van der Waals surface area contributed by atoms with Crippen LogP contribution in [0.25, 0.3) is 10.9 Å². The first-order valence-corrected chi connectivity index (χ1v) is 22.1. The maximum atomic E-state index is 15.9. The van der Waals surface area contributed by atoms with Crippen molar-refractivity contribution in [3.8, 4) is 0 Å². The normalized spacial score (nSPS) is 23.9. The van der Waals surface area contributed by atoms with E-state index < -0.39 is 35.5 Å². The summed E-state index contributed by atoms with van der Waals surface area (Å²) >= 11 is 0. The second kappa shape index (κ2) is 16.2. The first-order valence-electron chi connectivity index (χ1n) is 22.1. The lowest BCUT2D eigenvalue weighted by Crippen LogP contribution is -2.63. The third-order valence-corrected chi connectivity index (χ3v) is 13.9. The number of hydrogen-bond donors (Lipinski definition) is 2. The van der Waals surface area contributed by atoms with Gasteiger partial charge in [0.15, 0.2) is 5.82 Å². The van der Waals surface area contributed by atoms with Gasteiger partial charge in [-0.1, -0.05) is 0 Å². The van der Waals surface area contributed by atoms with Gasteiger partial charge in [-0.05, 0) is 82.9 Å². The van der Waals surface area contributed by atoms with Crippen molar-refractivity contribution in [3.63, 3.8) is 0 Å². The number of imide groups is 2. The summed E-state index contributed by atoms with van der Waals surface area (Å²) in [4.78, 5) is 75.4. The molecule has 326 valence electrons. The SMILES string of the molecule is COC1CCN(c2nccc(Nc3cc4c(cn3)c(N3CCC(CN5CC6CCC5CN6c5cc6c(cc5F)C(=O)N(C5CCC(=O)NC5=O)C6=O)CC3)nn4C(C)C)n2)CC1. The lowest BCUT2D eigenvalue weighted by molar-refractivity contribution is -0.136. The number of carbonyl (C=O) groups excluding carboxylic acids is 4. The van der Waals surface area contributed by atoms with Crippen LogP contribution in [0.15, 0.2) is 36.7 Å². The predicted molar refractivity (Wildman–Crippen MR) is 229 cm³/mol. The molecule has 4 aromatic rings. The molecule has 0 spiro atoms. The van der Waals surface area contributed by atoms with Crippen molar-refractivity contribution in [1.29, 1.82) is 0 Å². The molecule has 62 heavy (non-hydrogen) atoms. The summed E-state index contributed by atoms with van der Waals surface area (Å²) in [5.41, 5.74) is 1.40. The van der Waals surface area contributed by atoms with Crippen molar-refractivity contribution in [3.05, 3.63) is 53.6 Å². The van der Waals surface area contributed by atoms with E-state index in [0.717, 1.165) is 105 Å². The molecule has 2 bridgehead atoms. The van der Waals surface area contributed by atoms with Crippen molar-refractivity contribution >= 4 is 63.6 Å². The molecule has 11 rings (SSSR count). The number of fused-ring (bicyclic) bond motifs is 5. The highest BCUT2D eigenvalue weighted by Gasteiger charge is 2.47. The van der Waals surface area contributed by atoms with Crippen LogP contribution in [-0.2, 0) is 14.3 Å². The van der Waals surface area contributed by atoms with Gasteiger partial charge < -0.3 is 24.8 Å². The zero-order valence-corrected chi connectivity index (χ0v) is 35.4. The summed E-state index contributed by atoms with van der Waals surface area (Å²) in [5, 5.41) is 11.8. The quantitative estimate of drug-likeness (QED) is 0.217. The minimum absolute atomic E-state index is 0.0254. The Morgan fingerprint density at radius 3 is 2.32 bits per heavy atom. The van der Waals surface area contributed by atoms with Crippen LogP contribution in [0.5, 0.6) is 0 Å². The van der Waals surface area contributed by atoms with Gasteiger partial charge in [-0.3, -0.25) is 39.0 Å². The van der Waals surface area contributed by atoms with Crippen molar-refractivity contribution in [1.82, 2.24) is 39.8 Å². The van der Waals surface area contributed by atoms with Gasteiger partial charge >= 0.3 is 0 Å². The van der Waals surface area contributed by atoms with Gasteiger partial charge in [0, 0.05) is 95.9 Å². The van der Waals surface area contributed by atoms with Crippen LogP contribution in [0.2, 0.25) is 0 Å². The Morgan fingerprint density at radius 2 is 1.61 bits per heavy atom. The average Bonchev–Trinajstić information content (AvgIpc) is 3.77. The largest absolute Gasteiger partial charge is 0.381 e. The number of halogens is 1. The third kappa shape index (κ3) is 7.29. The number of carbonyl (C=O) groups is 4. The molecule has 18 heteroatoms. The molecule has 3 atom stereocenters. The Labute approximate surface area is 359 Å². The Hall–Kier alpha value is -5.75. The van der Waals surface area contributed by atoms with Crippen LogP contribution in [0.4, 0.5) is 33.5 Å². The van der Waals surface area contributed by atoms with Crippen molar-refractivity contribution in [2.24, 2.45) is 5.92 Å². The zero-order chi connectivity index (χ0) is 42.8. The van der Waals surface area contributed by atoms with E-state index in [1.807, 2.05) is 12.3 Å². The molecule has 2 N–H and O–H groups in total. The van der Waals surface area contributed by atoms with Gasteiger partial charge in [-0.25, -0.2) is 14.4 Å². The van der Waals surface area contributed by atoms with Gasteiger partial charge in [0.2, 0.25) is 17.8 Å². The van der Waals surface area contributed by atoms with Crippen LogP contribution in [0, 0.1) is 11.7 Å². The summed E-state index contributed by atoms with van der Waals surface area (Å²) in [6, 6.07) is 5.92. The molecule has 7 aliphatic heterocycles. The number of methoxy groups -OCH3 is 1. The molecule has 0 radical (unpaired) electrons. The van der Waals surface area contributed by atoms with Gasteiger partial charge in [-0.2, -0.15) is 10.1 Å². The van der Waals surface area contributed by atoms with E-state index in [1.165, 1.54) is 6.07 Å². The molecular weight excluding hydrogens is 796 g/mol. The van der Waals surface area contributed by atoms with Crippen molar-refractivity contribution < 1.29 is 28.3 Å². The minimum atomic E-state index is -1.09. The smallest absolute Gasteiger partial charge is 0.262 e. The molecule has 3 aromatic heterocycles. The summed E-state index contributed by atoms with van der Waals surface area (Å²) < 4.78 is 23.5. The summed E-state index contributed by atoms with van der Waals surface area (Å²) in [5.74, 6) is 0.544. The van der Waals surface area contributed by atoms with Gasteiger partial charge in [0.25, 0.3) is 11.8 Å². The maximum Gasteiger partial charge on any atom is 0.262 e. The molecule has 0 aliphatic carbocycles. The molecule has 4 amide bonds. The summed E-state index contributed by atoms with van der Waals surface area (Å²) in [6.07, 6.45) is 9.94. The molecule has 17 nitrogen and oxygen atoms in total. The lowest BCUT2D eigenvalue weighted by Gasteiger charge is -2.53. The number of benzene rings is 1.